The van der Waals surface area contributed by atoms with E-state index >= 15 is 0 Å². The van der Waals surface area contributed by atoms with Crippen LogP contribution in [0.2, 0.25) is 0 Å². The van der Waals surface area contributed by atoms with Crippen LogP contribution in [0.4, 0.5) is 0 Å². The molecule has 0 aromatic heterocycles. The lowest BCUT2D eigenvalue weighted by Gasteiger charge is -2.00. The molecule has 0 amide bonds. The van der Waals surface area contributed by atoms with Crippen molar-refractivity contribution in [3.63, 3.8) is 0 Å². The second-order valence-corrected chi connectivity index (χ2v) is 2.72. The molecule has 0 rings (SSSR count). The van der Waals surface area contributed by atoms with Gasteiger partial charge in [0, 0.05) is 0 Å². The minimum Gasteiger partial charge on any atom is -0.303 e. The topological polar surface area (TPSA) is 79.1 Å². The molecule has 0 heterocycles. The van der Waals surface area contributed by atoms with Crippen LogP contribution in [0.25, 0.3) is 0 Å². The Labute approximate surface area is 63.0 Å². The summed E-state index contributed by atoms with van der Waals surface area (Å²) in [4.78, 5) is 19.6. The summed E-state index contributed by atoms with van der Waals surface area (Å²) in [6.07, 6.45) is 0. The van der Waals surface area contributed by atoms with E-state index in [4.69, 9.17) is 9.79 Å². The van der Waals surface area contributed by atoms with Crippen LogP contribution in [0.15, 0.2) is 4.99 Å². The zero-order valence-electron chi connectivity index (χ0n) is 4.93. The van der Waals surface area contributed by atoms with Crippen LogP contribution in [0.3, 0.4) is 0 Å². The number of rotatable bonds is 4. The van der Waals surface area contributed by atoms with Crippen molar-refractivity contribution < 1.29 is 18.9 Å². The zero-order chi connectivity index (χ0) is 8.04. The number of hydrogen-bond donors (Lipinski definition) is 2. The molecule has 0 aromatic rings. The van der Waals surface area contributed by atoms with Crippen molar-refractivity contribution in [2.45, 2.75) is 0 Å². The standard InChI is InChI=1S/C3H6NO4PS/c5-9(6,7)8-2-1-4-3-10/h1-2H2,(H2,5,6,7). The lowest BCUT2D eigenvalue weighted by molar-refractivity contribution is 0.202. The maximum Gasteiger partial charge on any atom is 0.469 e. The van der Waals surface area contributed by atoms with E-state index in [0.29, 0.717) is 0 Å². The van der Waals surface area contributed by atoms with E-state index in [1.807, 2.05) is 5.16 Å². The molecule has 0 fully saturated rings. The number of hydrogen-bond acceptors (Lipinski definition) is 4. The predicted molar refractivity (Wildman–Crippen MR) is 37.9 cm³/mol. The molecule has 0 aromatic carbocycles. The average molecular weight is 183 g/mol. The fraction of sp³-hybridized carbons (Fsp3) is 0.667. The summed E-state index contributed by atoms with van der Waals surface area (Å²) < 4.78 is 14.0. The SMILES string of the molecule is O=P(O)(O)OCCN=C=S. The van der Waals surface area contributed by atoms with Crippen molar-refractivity contribution in [2.75, 3.05) is 13.2 Å². The van der Waals surface area contributed by atoms with Gasteiger partial charge < -0.3 is 9.79 Å². The van der Waals surface area contributed by atoms with Crippen molar-refractivity contribution in [3.8, 4) is 0 Å². The van der Waals surface area contributed by atoms with E-state index in [1.54, 1.807) is 0 Å². The van der Waals surface area contributed by atoms with E-state index < -0.39 is 7.82 Å². The molecule has 2 N–H and O–H groups in total. The van der Waals surface area contributed by atoms with Crippen LogP contribution in [-0.4, -0.2) is 28.1 Å². The highest BCUT2D eigenvalue weighted by atomic mass is 32.1. The smallest absolute Gasteiger partial charge is 0.303 e. The molecule has 0 aliphatic rings. The lowest BCUT2D eigenvalue weighted by atomic mass is 10.7. The number of phosphoric acid groups is 1. The molecule has 0 saturated heterocycles. The van der Waals surface area contributed by atoms with Crippen LogP contribution in [-0.2, 0) is 9.09 Å². The Morgan fingerprint density at radius 1 is 1.70 bits per heavy atom. The summed E-state index contributed by atoms with van der Waals surface area (Å²) in [6.45, 7) is -0.0253. The van der Waals surface area contributed by atoms with Crippen molar-refractivity contribution in [1.82, 2.24) is 0 Å². The van der Waals surface area contributed by atoms with Gasteiger partial charge in [-0.05, 0) is 12.2 Å². The quantitative estimate of drug-likeness (QED) is 0.281. The molecule has 58 valence electrons. The molecule has 0 radical (unpaired) electrons. The normalized spacial score (nSPS) is 10.6. The van der Waals surface area contributed by atoms with E-state index in [2.05, 4.69) is 21.7 Å². The fourth-order valence-electron chi connectivity index (χ4n) is 0.251. The summed E-state index contributed by atoms with van der Waals surface area (Å²) in [7, 11) is -4.33. The Balaban J connectivity index is 3.38. The van der Waals surface area contributed by atoms with Crippen molar-refractivity contribution in [1.29, 1.82) is 0 Å². The molecule has 5 nitrogen and oxygen atoms in total. The number of nitrogens with zero attached hydrogens (tertiary/aromatic N) is 1. The minimum absolute atomic E-state index is 0.120. The van der Waals surface area contributed by atoms with E-state index in [9.17, 15) is 4.57 Å². The Morgan fingerprint density at radius 2 is 2.30 bits per heavy atom. The Bertz CT molecular complexity index is 183. The highest BCUT2D eigenvalue weighted by Crippen LogP contribution is 2.35. The molecule has 0 aliphatic heterocycles. The minimum atomic E-state index is -4.33. The highest BCUT2D eigenvalue weighted by molar-refractivity contribution is 7.78. The summed E-state index contributed by atoms with van der Waals surface area (Å²) in [5, 5.41) is 2.03. The summed E-state index contributed by atoms with van der Waals surface area (Å²) in [5.41, 5.74) is 0. The Hall–Kier alpha value is -0.0900. The van der Waals surface area contributed by atoms with Gasteiger partial charge in [-0.25, -0.2) is 9.56 Å². The molecule has 7 heteroatoms. The van der Waals surface area contributed by atoms with E-state index in [-0.39, 0.29) is 13.2 Å². The first-order chi connectivity index (χ1) is 4.56. The summed E-state index contributed by atoms with van der Waals surface area (Å²) >= 11 is 4.19. The van der Waals surface area contributed by atoms with Crippen LogP contribution < -0.4 is 0 Å². The molecule has 0 aliphatic carbocycles. The van der Waals surface area contributed by atoms with E-state index in [1.165, 1.54) is 0 Å². The zero-order valence-corrected chi connectivity index (χ0v) is 6.64. The average Bonchev–Trinajstić information content (AvgIpc) is 1.78. The first-order valence-corrected chi connectivity index (χ1v) is 4.24. The predicted octanol–water partition coefficient (Wildman–Crippen LogP) is 0.199. The summed E-state index contributed by atoms with van der Waals surface area (Å²) in [6, 6.07) is 0. The maximum atomic E-state index is 9.98. The van der Waals surface area contributed by atoms with E-state index in [0.717, 1.165) is 0 Å². The second-order valence-electron chi connectivity index (χ2n) is 1.30. The van der Waals surface area contributed by atoms with Crippen LogP contribution in [0.1, 0.15) is 0 Å². The summed E-state index contributed by atoms with van der Waals surface area (Å²) in [5.74, 6) is 0. The number of aliphatic imine (C=N–C) groups is 1. The Morgan fingerprint density at radius 3 is 2.70 bits per heavy atom. The van der Waals surface area contributed by atoms with Gasteiger partial charge in [-0.15, -0.1) is 0 Å². The monoisotopic (exact) mass is 183 g/mol. The number of isothiocyanates is 1. The van der Waals surface area contributed by atoms with Gasteiger partial charge >= 0.3 is 7.82 Å². The number of phosphoric ester groups is 1. The molecular weight excluding hydrogens is 177 g/mol. The lowest BCUT2D eigenvalue weighted by Crippen LogP contribution is -1.94. The third-order valence-corrected chi connectivity index (χ3v) is 1.18. The van der Waals surface area contributed by atoms with Gasteiger partial charge in [0.05, 0.1) is 18.3 Å². The molecule has 0 unspecified atom stereocenters. The maximum absolute atomic E-state index is 9.98. The van der Waals surface area contributed by atoms with Gasteiger partial charge in [-0.3, -0.25) is 4.52 Å². The largest absolute Gasteiger partial charge is 0.469 e. The molecular formula is C3H6NO4PS. The van der Waals surface area contributed by atoms with Gasteiger partial charge in [-0.2, -0.15) is 0 Å². The van der Waals surface area contributed by atoms with Gasteiger partial charge in [0.1, 0.15) is 0 Å². The highest BCUT2D eigenvalue weighted by Gasteiger charge is 2.11. The number of thiocarbonyl (C=S) groups is 1. The van der Waals surface area contributed by atoms with Crippen molar-refractivity contribution in [2.24, 2.45) is 4.99 Å². The molecule has 0 saturated carbocycles. The first kappa shape index (κ1) is 9.91. The first-order valence-electron chi connectivity index (χ1n) is 2.30. The second kappa shape index (κ2) is 4.68. The van der Waals surface area contributed by atoms with Crippen LogP contribution in [0, 0.1) is 0 Å². The Kier molecular flexibility index (Phi) is 4.64. The van der Waals surface area contributed by atoms with Gasteiger partial charge in [0.25, 0.3) is 0 Å². The van der Waals surface area contributed by atoms with Crippen molar-refractivity contribution in [3.05, 3.63) is 0 Å². The molecule has 0 spiro atoms. The van der Waals surface area contributed by atoms with Gasteiger partial charge in [-0.1, -0.05) is 0 Å². The third-order valence-electron chi connectivity index (χ3n) is 0.527. The van der Waals surface area contributed by atoms with Gasteiger partial charge in [0.15, 0.2) is 0 Å². The fourth-order valence-corrected chi connectivity index (χ4v) is 0.662. The van der Waals surface area contributed by atoms with Gasteiger partial charge in [0.2, 0.25) is 0 Å². The van der Waals surface area contributed by atoms with Crippen molar-refractivity contribution >= 4 is 25.2 Å². The third kappa shape index (κ3) is 7.91. The molecule has 0 bridgehead atoms. The molecule has 10 heavy (non-hydrogen) atoms. The molecule has 0 atom stereocenters. The van der Waals surface area contributed by atoms with Crippen LogP contribution in [0.5, 0.6) is 0 Å². The van der Waals surface area contributed by atoms with Crippen LogP contribution >= 0.6 is 20.0 Å².